The van der Waals surface area contributed by atoms with Crippen LogP contribution in [0.2, 0.25) is 0 Å². The first-order valence-corrected chi connectivity index (χ1v) is 9.80. The third-order valence-electron chi connectivity index (χ3n) is 5.40. The van der Waals surface area contributed by atoms with Gasteiger partial charge in [0, 0.05) is 18.0 Å². The minimum Gasteiger partial charge on any atom is -0.452 e. The summed E-state index contributed by atoms with van der Waals surface area (Å²) >= 11 is 0. The Balaban J connectivity index is 1.92. The highest BCUT2D eigenvalue weighted by Gasteiger charge is 2.33. The summed E-state index contributed by atoms with van der Waals surface area (Å²) in [6, 6.07) is 7.49. The van der Waals surface area contributed by atoms with Crippen molar-refractivity contribution < 1.29 is 19.1 Å². The molecule has 1 heterocycles. The highest BCUT2D eigenvalue weighted by molar-refractivity contribution is 6.05. The van der Waals surface area contributed by atoms with Crippen LogP contribution < -0.4 is 10.9 Å². The maximum atomic E-state index is 13.0. The number of carbonyl (C=O) groups excluding carboxylic acids is 3. The van der Waals surface area contributed by atoms with Crippen LogP contribution in [0.4, 0.5) is 0 Å². The molecule has 29 heavy (non-hydrogen) atoms. The fourth-order valence-electron chi connectivity index (χ4n) is 3.76. The molecule has 3 rings (SSSR count). The van der Waals surface area contributed by atoms with Gasteiger partial charge < -0.3 is 4.74 Å². The molecule has 7 heteroatoms. The van der Waals surface area contributed by atoms with Gasteiger partial charge in [-0.2, -0.15) is 0 Å². The topological polar surface area (TPSA) is 97.4 Å². The molecule has 1 aromatic carbocycles. The summed E-state index contributed by atoms with van der Waals surface area (Å²) in [5.74, 6) is -1.14. The van der Waals surface area contributed by atoms with Crippen LogP contribution in [-0.2, 0) is 27.2 Å². The highest BCUT2D eigenvalue weighted by atomic mass is 16.5. The van der Waals surface area contributed by atoms with Gasteiger partial charge in [-0.1, -0.05) is 39.0 Å². The number of amides is 2. The zero-order valence-corrected chi connectivity index (χ0v) is 17.3. The second-order valence-corrected chi connectivity index (χ2v) is 8.54. The number of para-hydroxylation sites is 1. The van der Waals surface area contributed by atoms with Gasteiger partial charge in [0.25, 0.3) is 5.91 Å². The Labute approximate surface area is 170 Å². The Morgan fingerprint density at radius 3 is 2.59 bits per heavy atom. The molecule has 0 fully saturated rings. The minimum atomic E-state index is -0.603. The van der Waals surface area contributed by atoms with E-state index in [1.54, 1.807) is 0 Å². The second-order valence-electron chi connectivity index (χ2n) is 8.54. The molecule has 0 bridgehead atoms. The van der Waals surface area contributed by atoms with Crippen molar-refractivity contribution in [3.05, 3.63) is 41.1 Å². The Bertz CT molecular complexity index is 962. The lowest BCUT2D eigenvalue weighted by Gasteiger charge is -2.35. The van der Waals surface area contributed by atoms with Gasteiger partial charge in [-0.3, -0.25) is 25.4 Å². The summed E-state index contributed by atoms with van der Waals surface area (Å²) in [4.78, 5) is 40.5. The average molecular weight is 397 g/mol. The molecule has 1 aliphatic rings. The van der Waals surface area contributed by atoms with Crippen molar-refractivity contribution in [3.63, 3.8) is 0 Å². The van der Waals surface area contributed by atoms with Gasteiger partial charge in [0.05, 0.1) is 11.1 Å². The number of nitrogens with zero attached hydrogens (tertiary/aromatic N) is 1. The quantitative estimate of drug-likeness (QED) is 0.613. The van der Waals surface area contributed by atoms with Crippen LogP contribution in [-0.4, -0.2) is 29.4 Å². The zero-order chi connectivity index (χ0) is 21.2. The summed E-state index contributed by atoms with van der Waals surface area (Å²) < 4.78 is 5.29. The van der Waals surface area contributed by atoms with Crippen LogP contribution in [0.3, 0.4) is 0 Å². The van der Waals surface area contributed by atoms with Crippen molar-refractivity contribution in [1.82, 2.24) is 15.8 Å². The fourth-order valence-corrected chi connectivity index (χ4v) is 3.76. The van der Waals surface area contributed by atoms with E-state index >= 15 is 0 Å². The molecular formula is C22H27N3O4. The average Bonchev–Trinajstić information content (AvgIpc) is 2.67. The van der Waals surface area contributed by atoms with Crippen molar-refractivity contribution in [3.8, 4) is 0 Å². The predicted octanol–water partition coefficient (Wildman–Crippen LogP) is 2.71. The molecule has 0 saturated carbocycles. The van der Waals surface area contributed by atoms with Crippen molar-refractivity contribution >= 4 is 28.7 Å². The van der Waals surface area contributed by atoms with Crippen LogP contribution >= 0.6 is 0 Å². The van der Waals surface area contributed by atoms with E-state index in [2.05, 4.69) is 31.6 Å². The molecule has 0 unspecified atom stereocenters. The third-order valence-corrected chi connectivity index (χ3v) is 5.40. The third kappa shape index (κ3) is 4.72. The van der Waals surface area contributed by atoms with E-state index in [1.807, 2.05) is 24.3 Å². The van der Waals surface area contributed by atoms with Crippen LogP contribution in [0.25, 0.3) is 10.9 Å². The molecular weight excluding hydrogens is 370 g/mol. The number of fused-ring (bicyclic) bond motifs is 2. The van der Waals surface area contributed by atoms with Gasteiger partial charge in [0.1, 0.15) is 0 Å². The first-order chi connectivity index (χ1) is 13.7. The number of aromatic nitrogens is 1. The molecule has 1 atom stereocenters. The van der Waals surface area contributed by atoms with Crippen LogP contribution in [0.1, 0.15) is 55.7 Å². The molecule has 2 N–H and O–H groups in total. The largest absolute Gasteiger partial charge is 0.452 e. The first-order valence-electron chi connectivity index (χ1n) is 9.80. The van der Waals surface area contributed by atoms with Crippen molar-refractivity contribution in [2.45, 2.75) is 47.0 Å². The van der Waals surface area contributed by atoms with E-state index < -0.39 is 24.4 Å². The lowest BCUT2D eigenvalue weighted by Crippen LogP contribution is -2.42. The molecule has 0 spiro atoms. The van der Waals surface area contributed by atoms with Crippen LogP contribution in [0.15, 0.2) is 24.3 Å². The Hall–Kier alpha value is -2.96. The second kappa shape index (κ2) is 8.19. The molecule has 1 aromatic heterocycles. The lowest BCUT2D eigenvalue weighted by molar-refractivity contribution is -0.129. The van der Waals surface area contributed by atoms with E-state index in [0.29, 0.717) is 11.5 Å². The SMILES string of the molecule is CC(=O)NNC(=O)COC(=O)c1c2c(nc3ccccc13)CC[C@@H](C(C)(C)C)C2. The monoisotopic (exact) mass is 397 g/mol. The van der Waals surface area contributed by atoms with E-state index in [0.717, 1.165) is 41.4 Å². The summed E-state index contributed by atoms with van der Waals surface area (Å²) in [6.07, 6.45) is 2.58. The lowest BCUT2D eigenvalue weighted by atomic mass is 9.70. The number of aryl methyl sites for hydroxylation is 1. The van der Waals surface area contributed by atoms with Gasteiger partial charge in [-0.25, -0.2) is 4.79 Å². The Kier molecular flexibility index (Phi) is 5.86. The number of rotatable bonds is 3. The van der Waals surface area contributed by atoms with E-state index in [1.165, 1.54) is 6.92 Å². The molecule has 2 amide bonds. The standard InChI is InChI=1S/C22H27N3O4/c1-13(26)24-25-19(27)12-29-21(28)20-15-7-5-6-8-17(15)23-18-10-9-14(11-16(18)20)22(2,3)4/h5-8,14H,9-12H2,1-4H3,(H,24,26)(H,25,27)/t14-/m1/s1. The number of benzene rings is 1. The smallest absolute Gasteiger partial charge is 0.339 e. The summed E-state index contributed by atoms with van der Waals surface area (Å²) in [5.41, 5.74) is 7.56. The van der Waals surface area contributed by atoms with Crippen LogP contribution in [0, 0.1) is 11.3 Å². The summed E-state index contributed by atoms with van der Waals surface area (Å²) in [6.45, 7) is 7.42. The minimum absolute atomic E-state index is 0.114. The summed E-state index contributed by atoms with van der Waals surface area (Å²) in [5, 5.41) is 0.730. The molecule has 7 nitrogen and oxygen atoms in total. The maximum absolute atomic E-state index is 13.0. The zero-order valence-electron chi connectivity index (χ0n) is 17.3. The van der Waals surface area contributed by atoms with E-state index in [4.69, 9.17) is 9.72 Å². The van der Waals surface area contributed by atoms with Crippen LogP contribution in [0.5, 0.6) is 0 Å². The van der Waals surface area contributed by atoms with Crippen molar-refractivity contribution in [1.29, 1.82) is 0 Å². The number of nitrogens with one attached hydrogen (secondary N) is 2. The number of hydrogen-bond donors (Lipinski definition) is 2. The number of ether oxygens (including phenoxy) is 1. The Morgan fingerprint density at radius 1 is 1.17 bits per heavy atom. The van der Waals surface area contributed by atoms with E-state index in [9.17, 15) is 14.4 Å². The highest BCUT2D eigenvalue weighted by Crippen LogP contribution is 2.39. The number of hydrogen-bond acceptors (Lipinski definition) is 5. The number of esters is 1. The number of pyridine rings is 1. The molecule has 1 aliphatic carbocycles. The number of hydrazine groups is 1. The van der Waals surface area contributed by atoms with Gasteiger partial charge in [0.2, 0.25) is 5.91 Å². The molecule has 0 saturated heterocycles. The summed E-state index contributed by atoms with van der Waals surface area (Å²) in [7, 11) is 0. The van der Waals surface area contributed by atoms with Gasteiger partial charge in [-0.15, -0.1) is 0 Å². The maximum Gasteiger partial charge on any atom is 0.339 e. The molecule has 2 aromatic rings. The van der Waals surface area contributed by atoms with E-state index in [-0.39, 0.29) is 5.41 Å². The molecule has 0 aliphatic heterocycles. The molecule has 154 valence electrons. The normalized spacial score (nSPS) is 16.1. The number of carbonyl (C=O) groups is 3. The van der Waals surface area contributed by atoms with Gasteiger partial charge >= 0.3 is 5.97 Å². The van der Waals surface area contributed by atoms with Crippen molar-refractivity contribution in [2.75, 3.05) is 6.61 Å². The predicted molar refractivity (Wildman–Crippen MR) is 109 cm³/mol. The van der Waals surface area contributed by atoms with Gasteiger partial charge in [0.15, 0.2) is 6.61 Å². The first kappa shape index (κ1) is 20.8. The van der Waals surface area contributed by atoms with Gasteiger partial charge in [-0.05, 0) is 42.2 Å². The fraction of sp³-hybridized carbons (Fsp3) is 0.455. The Morgan fingerprint density at radius 2 is 1.90 bits per heavy atom. The van der Waals surface area contributed by atoms with Crippen molar-refractivity contribution in [2.24, 2.45) is 11.3 Å². The molecule has 0 radical (unpaired) electrons.